The van der Waals surface area contributed by atoms with Gasteiger partial charge in [-0.2, -0.15) is 0 Å². The Kier molecular flexibility index (Phi) is 5.17. The maximum Gasteiger partial charge on any atom is 0.333 e. The van der Waals surface area contributed by atoms with E-state index < -0.39 is 5.97 Å². The largest absolute Gasteiger partial charge is 0.463 e. The minimum absolute atomic E-state index is 0.0370. The van der Waals surface area contributed by atoms with E-state index >= 15 is 0 Å². The molecule has 4 nitrogen and oxygen atoms in total. The summed E-state index contributed by atoms with van der Waals surface area (Å²) in [6, 6.07) is 0. The Morgan fingerprint density at radius 1 is 1.73 bits per heavy atom. The number of esters is 1. The van der Waals surface area contributed by atoms with E-state index in [4.69, 9.17) is 4.74 Å². The van der Waals surface area contributed by atoms with Gasteiger partial charge in [-0.3, -0.25) is 4.79 Å². The van der Waals surface area contributed by atoms with Gasteiger partial charge >= 0.3 is 5.97 Å². The summed E-state index contributed by atoms with van der Waals surface area (Å²) < 4.78 is 4.79. The normalized spacial score (nSPS) is 18.7. The third-order valence-corrected chi connectivity index (χ3v) is 3.13. The van der Waals surface area contributed by atoms with Gasteiger partial charge in [0.15, 0.2) is 0 Å². The van der Waals surface area contributed by atoms with Gasteiger partial charge in [0.2, 0.25) is 5.91 Å². The maximum atomic E-state index is 11.4. The Morgan fingerprint density at radius 3 is 3.07 bits per heavy atom. The Morgan fingerprint density at radius 2 is 2.47 bits per heavy atom. The second-order valence-electron chi connectivity index (χ2n) is 2.76. The zero-order valence-electron chi connectivity index (χ0n) is 8.36. The van der Waals surface area contributed by atoms with Crippen LogP contribution in [-0.2, 0) is 14.3 Å². The molecule has 1 fully saturated rings. The van der Waals surface area contributed by atoms with Gasteiger partial charge in [0.05, 0.1) is 23.5 Å². The van der Waals surface area contributed by atoms with Gasteiger partial charge in [-0.05, 0) is 6.92 Å². The second kappa shape index (κ2) is 6.17. The second-order valence-corrected chi connectivity index (χ2v) is 4.55. The summed E-state index contributed by atoms with van der Waals surface area (Å²) in [5.74, 6) is 0.0439. The lowest BCUT2D eigenvalue weighted by Gasteiger charge is -2.14. The standard InChI is InChI=1S/C9H12BrNO3S/c1-2-14-9(13)5-8-11(4-3-10)7(12)6-15-8/h5H,2-4,6H2,1H3/b8-5-. The van der Waals surface area contributed by atoms with Crippen LogP contribution in [0.4, 0.5) is 0 Å². The van der Waals surface area contributed by atoms with Crippen LogP contribution in [0.2, 0.25) is 0 Å². The molecule has 1 heterocycles. The van der Waals surface area contributed by atoms with E-state index in [-0.39, 0.29) is 5.91 Å². The average Bonchev–Trinajstić information content (AvgIpc) is 2.51. The van der Waals surface area contributed by atoms with Gasteiger partial charge in [0, 0.05) is 11.9 Å². The summed E-state index contributed by atoms with van der Waals surface area (Å²) in [6.07, 6.45) is 1.38. The molecule has 84 valence electrons. The van der Waals surface area contributed by atoms with Gasteiger partial charge in [0.25, 0.3) is 0 Å². The Bertz CT molecular complexity index is 293. The zero-order valence-corrected chi connectivity index (χ0v) is 10.8. The highest BCUT2D eigenvalue weighted by Gasteiger charge is 2.26. The molecule has 1 rings (SSSR count). The minimum Gasteiger partial charge on any atom is -0.463 e. The first-order valence-corrected chi connectivity index (χ1v) is 6.67. The molecule has 0 saturated carbocycles. The highest BCUT2D eigenvalue weighted by Crippen LogP contribution is 2.28. The zero-order chi connectivity index (χ0) is 11.3. The average molecular weight is 294 g/mol. The van der Waals surface area contributed by atoms with E-state index in [9.17, 15) is 9.59 Å². The van der Waals surface area contributed by atoms with Crippen LogP contribution in [-0.4, -0.2) is 41.0 Å². The first kappa shape index (κ1) is 12.6. The lowest BCUT2D eigenvalue weighted by atomic mass is 10.5. The molecule has 1 aliphatic rings. The number of amides is 1. The molecule has 0 spiro atoms. The van der Waals surface area contributed by atoms with Crippen molar-refractivity contribution in [2.75, 3.05) is 24.2 Å². The molecule has 15 heavy (non-hydrogen) atoms. The highest BCUT2D eigenvalue weighted by atomic mass is 79.9. The van der Waals surface area contributed by atoms with E-state index in [2.05, 4.69) is 15.9 Å². The Balaban J connectivity index is 2.67. The predicted molar refractivity (Wildman–Crippen MR) is 62.7 cm³/mol. The number of carbonyl (C=O) groups excluding carboxylic acids is 2. The van der Waals surface area contributed by atoms with Gasteiger partial charge < -0.3 is 9.64 Å². The highest BCUT2D eigenvalue weighted by molar-refractivity contribution is 9.09. The lowest BCUT2D eigenvalue weighted by molar-refractivity contribution is -0.137. The van der Waals surface area contributed by atoms with Crippen molar-refractivity contribution in [1.82, 2.24) is 4.90 Å². The van der Waals surface area contributed by atoms with Gasteiger partial charge in [-0.1, -0.05) is 27.7 Å². The fourth-order valence-corrected chi connectivity index (χ4v) is 2.45. The Hall–Kier alpha value is -0.490. The molecule has 1 amide bonds. The van der Waals surface area contributed by atoms with Gasteiger partial charge in [-0.15, -0.1) is 0 Å². The Labute approximate surface area is 101 Å². The number of nitrogens with zero attached hydrogens (tertiary/aromatic N) is 1. The molecular formula is C9H12BrNO3S. The fraction of sp³-hybridized carbons (Fsp3) is 0.556. The molecule has 0 N–H and O–H groups in total. The van der Waals surface area contributed by atoms with Crippen molar-refractivity contribution in [2.45, 2.75) is 6.92 Å². The van der Waals surface area contributed by atoms with E-state index in [0.717, 1.165) is 0 Å². The molecule has 0 atom stereocenters. The van der Waals surface area contributed by atoms with Crippen molar-refractivity contribution in [3.63, 3.8) is 0 Å². The lowest BCUT2D eigenvalue weighted by Crippen LogP contribution is -2.26. The van der Waals surface area contributed by atoms with Crippen molar-refractivity contribution in [3.05, 3.63) is 11.1 Å². The molecule has 6 heteroatoms. The maximum absolute atomic E-state index is 11.4. The topological polar surface area (TPSA) is 46.6 Å². The van der Waals surface area contributed by atoms with E-state index in [0.29, 0.717) is 29.3 Å². The molecule has 1 saturated heterocycles. The molecule has 0 aromatic carbocycles. The molecule has 0 aliphatic carbocycles. The first-order valence-electron chi connectivity index (χ1n) is 4.56. The van der Waals surface area contributed by atoms with Crippen LogP contribution in [0.25, 0.3) is 0 Å². The van der Waals surface area contributed by atoms with Crippen LogP contribution >= 0.6 is 27.7 Å². The van der Waals surface area contributed by atoms with Crippen LogP contribution in [0.5, 0.6) is 0 Å². The molecule has 0 unspecified atom stereocenters. The van der Waals surface area contributed by atoms with Crippen molar-refractivity contribution < 1.29 is 14.3 Å². The van der Waals surface area contributed by atoms with Crippen LogP contribution < -0.4 is 0 Å². The van der Waals surface area contributed by atoms with Crippen molar-refractivity contribution in [3.8, 4) is 0 Å². The molecular weight excluding hydrogens is 282 g/mol. The summed E-state index contributed by atoms with van der Waals surface area (Å²) in [5, 5.41) is 1.37. The summed E-state index contributed by atoms with van der Waals surface area (Å²) in [6.45, 7) is 2.68. The predicted octanol–water partition coefficient (Wildman–Crippen LogP) is 1.36. The van der Waals surface area contributed by atoms with Crippen molar-refractivity contribution in [1.29, 1.82) is 0 Å². The van der Waals surface area contributed by atoms with Crippen LogP contribution in [0.1, 0.15) is 6.92 Å². The number of alkyl halides is 1. The first-order chi connectivity index (χ1) is 7.19. The quantitative estimate of drug-likeness (QED) is 0.446. The molecule has 0 radical (unpaired) electrons. The number of thioether (sulfide) groups is 1. The van der Waals surface area contributed by atoms with Gasteiger partial charge in [0.1, 0.15) is 0 Å². The SMILES string of the molecule is CCOC(=O)/C=C1\SCC(=O)N1CCBr. The number of hydrogen-bond acceptors (Lipinski definition) is 4. The number of ether oxygens (including phenoxy) is 1. The van der Waals surface area contributed by atoms with E-state index in [1.54, 1.807) is 11.8 Å². The van der Waals surface area contributed by atoms with Gasteiger partial charge in [-0.25, -0.2) is 4.79 Å². The summed E-state index contributed by atoms with van der Waals surface area (Å²) >= 11 is 4.63. The third-order valence-electron chi connectivity index (χ3n) is 1.75. The number of carbonyl (C=O) groups is 2. The summed E-state index contributed by atoms with van der Waals surface area (Å²) in [5.41, 5.74) is 0. The summed E-state index contributed by atoms with van der Waals surface area (Å²) in [7, 11) is 0. The van der Waals surface area contributed by atoms with Crippen LogP contribution in [0.3, 0.4) is 0 Å². The van der Waals surface area contributed by atoms with Crippen molar-refractivity contribution in [2.24, 2.45) is 0 Å². The fourth-order valence-electron chi connectivity index (χ4n) is 1.14. The van der Waals surface area contributed by atoms with Crippen molar-refractivity contribution >= 4 is 39.6 Å². The molecule has 0 aromatic rings. The van der Waals surface area contributed by atoms with E-state index in [1.807, 2.05) is 0 Å². The number of halogens is 1. The van der Waals surface area contributed by atoms with Crippen LogP contribution in [0.15, 0.2) is 11.1 Å². The van der Waals surface area contributed by atoms with E-state index in [1.165, 1.54) is 17.8 Å². The van der Waals surface area contributed by atoms with Crippen LogP contribution in [0, 0.1) is 0 Å². The smallest absolute Gasteiger partial charge is 0.333 e. The number of hydrogen-bond donors (Lipinski definition) is 0. The third kappa shape index (κ3) is 3.53. The summed E-state index contributed by atoms with van der Waals surface area (Å²) in [4.78, 5) is 24.2. The molecule has 1 aliphatic heterocycles. The molecule has 0 aromatic heterocycles. The minimum atomic E-state index is -0.394. The number of rotatable bonds is 4. The molecule has 0 bridgehead atoms. The monoisotopic (exact) mass is 293 g/mol.